The van der Waals surface area contributed by atoms with Gasteiger partial charge in [-0.15, -0.1) is 0 Å². The number of nitrogens with zero attached hydrogens (tertiary/aromatic N) is 2. The summed E-state index contributed by atoms with van der Waals surface area (Å²) in [6.45, 7) is 5.28. The highest BCUT2D eigenvalue weighted by Gasteiger charge is 1.95. The van der Waals surface area contributed by atoms with E-state index in [0.29, 0.717) is 0 Å². The highest BCUT2D eigenvalue weighted by Crippen LogP contribution is 1.98. The number of hydrogen-bond donors (Lipinski definition) is 1. The maximum Gasteiger partial charge on any atom is 0.0762 e. The fourth-order valence-electron chi connectivity index (χ4n) is 0.884. The van der Waals surface area contributed by atoms with Gasteiger partial charge in [-0.2, -0.15) is 5.10 Å². The molecule has 1 aromatic heterocycles. The molecule has 3 nitrogen and oxygen atoms in total. The lowest BCUT2D eigenvalue weighted by atomic mass is 10.4. The van der Waals surface area contributed by atoms with Gasteiger partial charge in [0.05, 0.1) is 5.69 Å². The van der Waals surface area contributed by atoms with Crippen molar-refractivity contribution < 1.29 is 0 Å². The zero-order valence-electron chi connectivity index (χ0n) is 7.05. The van der Waals surface area contributed by atoms with Crippen LogP contribution in [0, 0.1) is 0 Å². The predicted molar refractivity (Wildman–Crippen MR) is 53.0 cm³/mol. The zero-order valence-corrected chi connectivity index (χ0v) is 8.63. The molecule has 1 aromatic rings. The molecule has 0 unspecified atom stereocenters. The van der Waals surface area contributed by atoms with E-state index in [0.717, 1.165) is 23.3 Å². The Bertz CT molecular complexity index is 267. The molecule has 0 spiro atoms. The smallest absolute Gasteiger partial charge is 0.0762 e. The Morgan fingerprint density at radius 3 is 3.08 bits per heavy atom. The number of nitrogens with one attached hydrogen (secondary N) is 1. The van der Waals surface area contributed by atoms with Crippen LogP contribution in [0.4, 0.5) is 0 Å². The van der Waals surface area contributed by atoms with Gasteiger partial charge in [0.15, 0.2) is 0 Å². The minimum atomic E-state index is 0.774. The van der Waals surface area contributed by atoms with Crippen molar-refractivity contribution in [2.24, 2.45) is 7.05 Å². The van der Waals surface area contributed by atoms with Crippen molar-refractivity contribution >= 4 is 15.9 Å². The van der Waals surface area contributed by atoms with Gasteiger partial charge >= 0.3 is 0 Å². The number of aryl methyl sites for hydroxylation is 1. The van der Waals surface area contributed by atoms with Crippen LogP contribution in [0.3, 0.4) is 0 Å². The molecule has 0 aromatic carbocycles. The predicted octanol–water partition coefficient (Wildman–Crippen LogP) is 1.42. The van der Waals surface area contributed by atoms with Crippen molar-refractivity contribution in [3.05, 3.63) is 29.0 Å². The molecule has 0 radical (unpaired) electrons. The molecule has 12 heavy (non-hydrogen) atoms. The summed E-state index contributed by atoms with van der Waals surface area (Å²) >= 11 is 3.27. The zero-order chi connectivity index (χ0) is 8.97. The van der Waals surface area contributed by atoms with Crippen molar-refractivity contribution in [2.75, 3.05) is 6.54 Å². The highest BCUT2D eigenvalue weighted by atomic mass is 79.9. The Morgan fingerprint density at radius 1 is 1.83 bits per heavy atom. The van der Waals surface area contributed by atoms with Crippen LogP contribution in [0.5, 0.6) is 0 Å². The fourth-order valence-corrected chi connectivity index (χ4v) is 1.08. The minimum Gasteiger partial charge on any atom is -0.306 e. The summed E-state index contributed by atoms with van der Waals surface area (Å²) in [5.74, 6) is 0. The van der Waals surface area contributed by atoms with E-state index in [1.54, 1.807) is 4.68 Å². The third-order valence-electron chi connectivity index (χ3n) is 1.39. The molecule has 0 bridgehead atoms. The molecule has 1 rings (SSSR count). The third kappa shape index (κ3) is 3.19. The second-order valence-electron chi connectivity index (χ2n) is 2.60. The molecular formula is C8H12BrN3. The van der Waals surface area contributed by atoms with Crippen molar-refractivity contribution in [3.8, 4) is 0 Å². The lowest BCUT2D eigenvalue weighted by molar-refractivity contribution is 0.691. The fraction of sp³-hybridized carbons (Fsp3) is 0.375. The van der Waals surface area contributed by atoms with Crippen LogP contribution >= 0.6 is 15.9 Å². The summed E-state index contributed by atoms with van der Waals surface area (Å²) in [7, 11) is 1.91. The molecular weight excluding hydrogens is 218 g/mol. The normalized spacial score (nSPS) is 10.2. The molecule has 0 aliphatic rings. The average Bonchev–Trinajstić information content (AvgIpc) is 2.35. The van der Waals surface area contributed by atoms with E-state index in [4.69, 9.17) is 0 Å². The Labute approximate surface area is 80.6 Å². The van der Waals surface area contributed by atoms with E-state index in [1.165, 1.54) is 0 Å². The first-order valence-corrected chi connectivity index (χ1v) is 4.50. The van der Waals surface area contributed by atoms with Crippen LogP contribution in [0.25, 0.3) is 0 Å². The van der Waals surface area contributed by atoms with Crippen molar-refractivity contribution in [2.45, 2.75) is 6.54 Å². The summed E-state index contributed by atoms with van der Waals surface area (Å²) < 4.78 is 2.75. The van der Waals surface area contributed by atoms with Crippen LogP contribution in [0.2, 0.25) is 0 Å². The number of aromatic nitrogens is 2. The maximum atomic E-state index is 4.22. The van der Waals surface area contributed by atoms with Gasteiger partial charge in [-0.3, -0.25) is 4.68 Å². The first-order chi connectivity index (χ1) is 5.68. The molecule has 0 atom stereocenters. The lowest BCUT2D eigenvalue weighted by Crippen LogP contribution is -2.14. The molecule has 0 aliphatic heterocycles. The van der Waals surface area contributed by atoms with E-state index in [1.807, 2.05) is 19.3 Å². The van der Waals surface area contributed by atoms with Gasteiger partial charge in [0.25, 0.3) is 0 Å². The van der Waals surface area contributed by atoms with Gasteiger partial charge in [-0.25, -0.2) is 0 Å². The molecule has 0 saturated carbocycles. The summed E-state index contributed by atoms with van der Waals surface area (Å²) in [5, 5.41) is 7.41. The SMILES string of the molecule is C=C(Br)CNCc1ccn(C)n1. The molecule has 4 heteroatoms. The molecule has 66 valence electrons. The molecule has 1 heterocycles. The van der Waals surface area contributed by atoms with E-state index in [2.05, 4.69) is 32.9 Å². The Hall–Kier alpha value is -0.610. The Morgan fingerprint density at radius 2 is 2.58 bits per heavy atom. The van der Waals surface area contributed by atoms with Crippen LogP contribution in [0.1, 0.15) is 5.69 Å². The van der Waals surface area contributed by atoms with E-state index in [9.17, 15) is 0 Å². The maximum absolute atomic E-state index is 4.22. The second-order valence-corrected chi connectivity index (χ2v) is 3.72. The Kier molecular flexibility index (Phi) is 3.49. The topological polar surface area (TPSA) is 29.9 Å². The minimum absolute atomic E-state index is 0.774. The summed E-state index contributed by atoms with van der Waals surface area (Å²) in [4.78, 5) is 0. The number of halogens is 1. The van der Waals surface area contributed by atoms with Gasteiger partial charge < -0.3 is 5.32 Å². The monoisotopic (exact) mass is 229 g/mol. The molecule has 0 saturated heterocycles. The summed E-state index contributed by atoms with van der Waals surface area (Å²) in [6.07, 6.45) is 1.93. The second kappa shape index (κ2) is 4.42. The third-order valence-corrected chi connectivity index (χ3v) is 1.67. The van der Waals surface area contributed by atoms with Gasteiger partial charge in [0, 0.05) is 30.8 Å². The van der Waals surface area contributed by atoms with E-state index < -0.39 is 0 Å². The van der Waals surface area contributed by atoms with Crippen molar-refractivity contribution in [1.29, 1.82) is 0 Å². The quantitative estimate of drug-likeness (QED) is 0.847. The largest absolute Gasteiger partial charge is 0.306 e. The van der Waals surface area contributed by atoms with Gasteiger partial charge in [-0.1, -0.05) is 22.5 Å². The molecule has 1 N–H and O–H groups in total. The lowest BCUT2D eigenvalue weighted by Gasteiger charge is -1.99. The molecule has 0 fully saturated rings. The van der Waals surface area contributed by atoms with Crippen LogP contribution in [0.15, 0.2) is 23.3 Å². The summed E-state index contributed by atoms with van der Waals surface area (Å²) in [5.41, 5.74) is 1.05. The standard InChI is InChI=1S/C8H12BrN3/c1-7(9)5-10-6-8-3-4-12(2)11-8/h3-4,10H,1,5-6H2,2H3. The van der Waals surface area contributed by atoms with Crippen molar-refractivity contribution in [1.82, 2.24) is 15.1 Å². The number of rotatable bonds is 4. The summed E-state index contributed by atoms with van der Waals surface area (Å²) in [6, 6.07) is 1.99. The highest BCUT2D eigenvalue weighted by molar-refractivity contribution is 9.11. The number of hydrogen-bond acceptors (Lipinski definition) is 2. The van der Waals surface area contributed by atoms with Crippen LogP contribution in [-0.4, -0.2) is 16.3 Å². The Balaban J connectivity index is 2.29. The van der Waals surface area contributed by atoms with Gasteiger partial charge in [0.1, 0.15) is 0 Å². The molecule has 0 amide bonds. The van der Waals surface area contributed by atoms with Crippen molar-refractivity contribution in [3.63, 3.8) is 0 Å². The average molecular weight is 230 g/mol. The molecule has 0 aliphatic carbocycles. The van der Waals surface area contributed by atoms with Gasteiger partial charge in [0.2, 0.25) is 0 Å². The van der Waals surface area contributed by atoms with Crippen LogP contribution in [-0.2, 0) is 13.6 Å². The van der Waals surface area contributed by atoms with Gasteiger partial charge in [-0.05, 0) is 6.07 Å². The van der Waals surface area contributed by atoms with Crippen LogP contribution < -0.4 is 5.32 Å². The van der Waals surface area contributed by atoms with E-state index >= 15 is 0 Å². The van der Waals surface area contributed by atoms with E-state index in [-0.39, 0.29) is 0 Å². The first-order valence-electron chi connectivity index (χ1n) is 3.71. The first kappa shape index (κ1) is 9.48.